The van der Waals surface area contributed by atoms with E-state index in [4.69, 9.17) is 0 Å². The molecule has 0 spiro atoms. The molecule has 4 nitrogen and oxygen atoms in total. The van der Waals surface area contributed by atoms with Crippen molar-refractivity contribution in [3.05, 3.63) is 18.0 Å². The Bertz CT molecular complexity index is 290. The lowest BCUT2D eigenvalue weighted by Gasteiger charge is -2.10. The molecule has 2 rings (SSSR count). The Labute approximate surface area is 90.5 Å². The largest absolute Gasteiger partial charge is 0.354 e. The van der Waals surface area contributed by atoms with Crippen molar-refractivity contribution >= 4 is 5.95 Å². The minimum absolute atomic E-state index is 0.683. The first-order valence-corrected chi connectivity index (χ1v) is 5.60. The van der Waals surface area contributed by atoms with Crippen molar-refractivity contribution in [2.24, 2.45) is 0 Å². The van der Waals surface area contributed by atoms with Gasteiger partial charge in [-0.3, -0.25) is 0 Å². The van der Waals surface area contributed by atoms with Crippen molar-refractivity contribution in [2.75, 3.05) is 18.4 Å². The fourth-order valence-corrected chi connectivity index (χ4v) is 1.85. The molecule has 0 aromatic carbocycles. The van der Waals surface area contributed by atoms with Crippen LogP contribution >= 0.6 is 0 Å². The summed E-state index contributed by atoms with van der Waals surface area (Å²) in [5.74, 6) is 0.735. The van der Waals surface area contributed by atoms with Crippen LogP contribution in [0, 0.1) is 6.92 Å². The Morgan fingerprint density at radius 3 is 2.93 bits per heavy atom. The van der Waals surface area contributed by atoms with Gasteiger partial charge in [-0.15, -0.1) is 0 Å². The van der Waals surface area contributed by atoms with Gasteiger partial charge in [-0.1, -0.05) is 0 Å². The summed E-state index contributed by atoms with van der Waals surface area (Å²) in [5.41, 5.74) is 1.10. The molecule has 15 heavy (non-hydrogen) atoms. The third kappa shape index (κ3) is 3.16. The third-order valence-electron chi connectivity index (χ3n) is 2.72. The van der Waals surface area contributed by atoms with Crippen molar-refractivity contribution < 1.29 is 0 Å². The molecule has 0 bridgehead atoms. The summed E-state index contributed by atoms with van der Waals surface area (Å²) in [7, 11) is 0. The third-order valence-corrected chi connectivity index (χ3v) is 2.72. The molecule has 2 N–H and O–H groups in total. The minimum atomic E-state index is 0.683. The van der Waals surface area contributed by atoms with Crippen LogP contribution in [0.25, 0.3) is 0 Å². The molecule has 0 saturated carbocycles. The molecule has 4 heteroatoms. The molecule has 0 amide bonds. The van der Waals surface area contributed by atoms with Crippen LogP contribution in [0.1, 0.15) is 24.8 Å². The molecule has 1 aromatic heterocycles. The van der Waals surface area contributed by atoms with E-state index >= 15 is 0 Å². The van der Waals surface area contributed by atoms with Gasteiger partial charge in [-0.2, -0.15) is 0 Å². The Morgan fingerprint density at radius 2 is 2.27 bits per heavy atom. The Balaban J connectivity index is 1.71. The molecule has 1 atom stereocenters. The number of nitrogens with one attached hydrogen (secondary N) is 2. The lowest BCUT2D eigenvalue weighted by atomic mass is 10.1. The van der Waals surface area contributed by atoms with E-state index in [0.717, 1.165) is 24.5 Å². The molecule has 1 aromatic rings. The maximum atomic E-state index is 4.20. The van der Waals surface area contributed by atoms with Gasteiger partial charge in [0.05, 0.1) is 0 Å². The van der Waals surface area contributed by atoms with E-state index in [1.165, 1.54) is 19.4 Å². The van der Waals surface area contributed by atoms with Crippen molar-refractivity contribution in [3.63, 3.8) is 0 Å². The second kappa shape index (κ2) is 5.07. The Morgan fingerprint density at radius 1 is 1.47 bits per heavy atom. The quantitative estimate of drug-likeness (QED) is 0.780. The van der Waals surface area contributed by atoms with Crippen LogP contribution in [0.5, 0.6) is 0 Å². The van der Waals surface area contributed by atoms with Gasteiger partial charge in [0.25, 0.3) is 0 Å². The van der Waals surface area contributed by atoms with Crippen molar-refractivity contribution in [3.8, 4) is 0 Å². The van der Waals surface area contributed by atoms with E-state index in [-0.39, 0.29) is 0 Å². The first-order valence-electron chi connectivity index (χ1n) is 5.60. The first kappa shape index (κ1) is 10.4. The van der Waals surface area contributed by atoms with Crippen LogP contribution in [-0.4, -0.2) is 29.1 Å². The molecule has 0 unspecified atom stereocenters. The average Bonchev–Trinajstić information content (AvgIpc) is 2.74. The zero-order valence-corrected chi connectivity index (χ0v) is 9.16. The van der Waals surface area contributed by atoms with Gasteiger partial charge in [0.2, 0.25) is 5.95 Å². The van der Waals surface area contributed by atoms with E-state index in [9.17, 15) is 0 Å². The fourth-order valence-electron chi connectivity index (χ4n) is 1.85. The standard InChI is InChI=1S/C11H18N4/c1-9-7-14-11(15-8-9)13-6-4-10-3-2-5-12-10/h7-8,10,12H,2-6H2,1H3,(H,13,14,15)/t10-/m1/s1. The molecule has 1 aliphatic rings. The van der Waals surface area contributed by atoms with E-state index in [1.807, 2.05) is 19.3 Å². The fraction of sp³-hybridized carbons (Fsp3) is 0.636. The number of aryl methyl sites for hydroxylation is 1. The SMILES string of the molecule is Cc1cnc(NCC[C@H]2CCCN2)nc1. The topological polar surface area (TPSA) is 49.8 Å². The summed E-state index contributed by atoms with van der Waals surface area (Å²) >= 11 is 0. The van der Waals surface area contributed by atoms with Crippen LogP contribution in [0.2, 0.25) is 0 Å². The summed E-state index contributed by atoms with van der Waals surface area (Å²) in [5, 5.41) is 6.71. The van der Waals surface area contributed by atoms with Gasteiger partial charge in [-0.05, 0) is 38.3 Å². The van der Waals surface area contributed by atoms with Crippen LogP contribution in [-0.2, 0) is 0 Å². The highest BCUT2D eigenvalue weighted by Crippen LogP contribution is 2.08. The van der Waals surface area contributed by atoms with Gasteiger partial charge < -0.3 is 10.6 Å². The molecule has 1 aliphatic heterocycles. The zero-order chi connectivity index (χ0) is 10.5. The molecule has 0 radical (unpaired) electrons. The lowest BCUT2D eigenvalue weighted by molar-refractivity contribution is 0.573. The number of hydrogen-bond donors (Lipinski definition) is 2. The van der Waals surface area contributed by atoms with Gasteiger partial charge in [-0.25, -0.2) is 9.97 Å². The van der Waals surface area contributed by atoms with Crippen LogP contribution in [0.15, 0.2) is 12.4 Å². The van der Waals surface area contributed by atoms with E-state index in [0.29, 0.717) is 6.04 Å². The van der Waals surface area contributed by atoms with Crippen molar-refractivity contribution in [2.45, 2.75) is 32.2 Å². The highest BCUT2D eigenvalue weighted by atomic mass is 15.1. The number of nitrogens with zero attached hydrogens (tertiary/aromatic N) is 2. The number of hydrogen-bond acceptors (Lipinski definition) is 4. The van der Waals surface area contributed by atoms with Gasteiger partial charge in [0.15, 0.2) is 0 Å². The summed E-state index contributed by atoms with van der Waals surface area (Å²) in [6.45, 7) is 4.11. The molecular weight excluding hydrogens is 188 g/mol. The summed E-state index contributed by atoms with van der Waals surface area (Å²) in [6, 6.07) is 0.683. The normalized spacial score (nSPS) is 20.5. The maximum Gasteiger partial charge on any atom is 0.222 e. The number of rotatable bonds is 4. The summed E-state index contributed by atoms with van der Waals surface area (Å²) < 4.78 is 0. The van der Waals surface area contributed by atoms with E-state index in [1.54, 1.807) is 0 Å². The second-order valence-electron chi connectivity index (χ2n) is 4.09. The summed E-state index contributed by atoms with van der Waals surface area (Å²) in [4.78, 5) is 8.40. The van der Waals surface area contributed by atoms with Gasteiger partial charge in [0.1, 0.15) is 0 Å². The smallest absolute Gasteiger partial charge is 0.222 e. The van der Waals surface area contributed by atoms with Crippen LogP contribution in [0.4, 0.5) is 5.95 Å². The predicted octanol–water partition coefficient (Wildman–Crippen LogP) is 1.34. The number of aromatic nitrogens is 2. The number of anilines is 1. The van der Waals surface area contributed by atoms with Gasteiger partial charge >= 0.3 is 0 Å². The van der Waals surface area contributed by atoms with Gasteiger partial charge in [0, 0.05) is 25.0 Å². The molecule has 2 heterocycles. The second-order valence-corrected chi connectivity index (χ2v) is 4.09. The maximum absolute atomic E-state index is 4.20. The molecular formula is C11H18N4. The average molecular weight is 206 g/mol. The molecule has 0 aliphatic carbocycles. The van der Waals surface area contributed by atoms with E-state index in [2.05, 4.69) is 20.6 Å². The highest BCUT2D eigenvalue weighted by molar-refractivity contribution is 5.23. The first-order chi connectivity index (χ1) is 7.34. The Kier molecular flexibility index (Phi) is 3.50. The Hall–Kier alpha value is -1.16. The molecule has 1 saturated heterocycles. The van der Waals surface area contributed by atoms with Crippen LogP contribution in [0.3, 0.4) is 0 Å². The lowest BCUT2D eigenvalue weighted by Crippen LogP contribution is -2.24. The van der Waals surface area contributed by atoms with E-state index < -0.39 is 0 Å². The predicted molar refractivity (Wildman–Crippen MR) is 60.9 cm³/mol. The monoisotopic (exact) mass is 206 g/mol. The highest BCUT2D eigenvalue weighted by Gasteiger charge is 2.12. The minimum Gasteiger partial charge on any atom is -0.354 e. The van der Waals surface area contributed by atoms with Crippen molar-refractivity contribution in [1.29, 1.82) is 0 Å². The summed E-state index contributed by atoms with van der Waals surface area (Å²) in [6.07, 6.45) is 7.44. The molecule has 1 fully saturated rings. The zero-order valence-electron chi connectivity index (χ0n) is 9.16. The van der Waals surface area contributed by atoms with Crippen molar-refractivity contribution in [1.82, 2.24) is 15.3 Å². The van der Waals surface area contributed by atoms with Crippen LogP contribution < -0.4 is 10.6 Å². The molecule has 82 valence electrons.